The summed E-state index contributed by atoms with van der Waals surface area (Å²) in [4.78, 5) is 0. The van der Waals surface area contributed by atoms with Crippen LogP contribution in [0.1, 0.15) is 35.2 Å². The van der Waals surface area contributed by atoms with E-state index in [0.29, 0.717) is 5.56 Å². The molecule has 0 unspecified atom stereocenters. The van der Waals surface area contributed by atoms with E-state index in [1.807, 2.05) is 0 Å². The second-order valence-corrected chi connectivity index (χ2v) is 10.00. The molecule has 4 nitrogen and oxygen atoms in total. The molecule has 0 atom stereocenters. The predicted octanol–water partition coefficient (Wildman–Crippen LogP) is 11.3. The quantitative estimate of drug-likeness (QED) is 0.0574. The number of alkyl halides is 21. The average Bonchev–Trinajstić information content (AvgIpc) is 2.84. The first-order valence-corrected chi connectivity index (χ1v) is 12.0. The molecule has 6 N–H and O–H groups in total. The second-order valence-electron chi connectivity index (χ2n) is 8.51. The van der Waals surface area contributed by atoms with Crippen LogP contribution in [0.5, 0.6) is 0 Å². The molecule has 0 saturated heterocycles. The van der Waals surface area contributed by atoms with Crippen molar-refractivity contribution in [1.29, 1.82) is 0 Å². The summed E-state index contributed by atoms with van der Waals surface area (Å²) >= 11 is -0.328. The van der Waals surface area contributed by atoms with Crippen LogP contribution in [0, 0.1) is 13.8 Å². The fourth-order valence-corrected chi connectivity index (χ4v) is 2.81. The largest absolute Gasteiger partial charge is 0.441 e. The Labute approximate surface area is 269 Å². The van der Waals surface area contributed by atoms with Crippen LogP contribution in [-0.2, 0) is 18.0 Å². The van der Waals surface area contributed by atoms with Gasteiger partial charge in [0.15, 0.2) is 0 Å². The zero-order valence-corrected chi connectivity index (χ0v) is 24.5. The van der Waals surface area contributed by atoms with Gasteiger partial charge in [-0.3, -0.25) is 10.5 Å². The molecule has 0 fully saturated rings. The molecule has 0 heterocycles. The molecule has 0 aliphatic carbocycles. The predicted molar refractivity (Wildman–Crippen MR) is 138 cm³/mol. The smallest absolute Gasteiger partial charge is 0.398 e. The topological polar surface area (TPSA) is 92.5 Å². The van der Waals surface area contributed by atoms with Gasteiger partial charge in [-0.1, -0.05) is 25.6 Å². The SMILES string of the molecule is C.Cc1cc(C(F)(C(F)(F)F)C(F)(F)F)cc(C(F)(F)F)c1N.Cc1cccc(C(F)(F)F)c1N.FC(F)(F)C(F)(I)C(F)(F)F.OO. The van der Waals surface area contributed by atoms with Gasteiger partial charge in [-0.05, 0) is 59.7 Å². The van der Waals surface area contributed by atoms with Crippen LogP contribution in [0.15, 0.2) is 30.3 Å². The summed E-state index contributed by atoms with van der Waals surface area (Å²) in [7, 11) is 0. The highest BCUT2D eigenvalue weighted by atomic mass is 127. The first-order valence-electron chi connectivity index (χ1n) is 10.9. The van der Waals surface area contributed by atoms with E-state index in [9.17, 15) is 87.8 Å². The Morgan fingerprint density at radius 3 is 1.10 bits per heavy atom. The standard InChI is InChI=1S/C11H7F10N.C8H8F3N.C3F7I.CH4.H2O2/c1-4-2-5(3-6(7(4)22)9(13,14)15)8(12,10(16,17)18)11(19,20)21;1-5-3-2-4-6(7(5)12)8(9,10)11;4-1(11,2(5,6)7)3(8,9)10;;1-2/h2-3H,22H2,1H3;2-4H,12H2,1H3;;1H4;1-2H. The third kappa shape index (κ3) is 11.7. The van der Waals surface area contributed by atoms with Crippen molar-refractivity contribution in [1.82, 2.24) is 0 Å². The van der Waals surface area contributed by atoms with Crippen LogP contribution in [-0.4, -0.2) is 38.9 Å². The molecular formula is C23H21F20IN2O2. The van der Waals surface area contributed by atoms with Crippen LogP contribution in [0.2, 0.25) is 0 Å². The Hall–Kier alpha value is -2.71. The van der Waals surface area contributed by atoms with Gasteiger partial charge in [0, 0.05) is 16.9 Å². The van der Waals surface area contributed by atoms with Crippen LogP contribution in [0.3, 0.4) is 0 Å². The minimum absolute atomic E-state index is 0. The van der Waals surface area contributed by atoms with Crippen LogP contribution in [0.25, 0.3) is 0 Å². The summed E-state index contributed by atoms with van der Waals surface area (Å²) in [5.41, 5.74) is -2.25. The molecule has 0 saturated carbocycles. The van der Waals surface area contributed by atoms with E-state index in [0.717, 1.165) is 13.0 Å². The zero-order valence-electron chi connectivity index (χ0n) is 22.4. The first-order chi connectivity index (χ1) is 20.5. The van der Waals surface area contributed by atoms with Crippen molar-refractivity contribution in [3.05, 3.63) is 58.1 Å². The van der Waals surface area contributed by atoms with Crippen LogP contribution in [0.4, 0.5) is 99.2 Å². The van der Waals surface area contributed by atoms with Crippen molar-refractivity contribution in [3.8, 4) is 0 Å². The highest BCUT2D eigenvalue weighted by Crippen LogP contribution is 2.54. The minimum Gasteiger partial charge on any atom is -0.398 e. The zero-order chi connectivity index (χ0) is 38.6. The number of benzene rings is 2. The molecule has 0 aliphatic heterocycles. The fourth-order valence-electron chi connectivity index (χ4n) is 2.81. The summed E-state index contributed by atoms with van der Waals surface area (Å²) in [6.07, 6.45) is -34.6. The molecule has 0 bridgehead atoms. The van der Waals surface area contributed by atoms with E-state index in [4.69, 9.17) is 22.0 Å². The van der Waals surface area contributed by atoms with Gasteiger partial charge in [-0.25, -0.2) is 8.78 Å². The van der Waals surface area contributed by atoms with E-state index in [1.165, 1.54) is 6.07 Å². The van der Waals surface area contributed by atoms with Crippen LogP contribution >= 0.6 is 22.6 Å². The summed E-state index contributed by atoms with van der Waals surface area (Å²) in [5, 5.41) is 12.0. The lowest BCUT2D eigenvalue weighted by molar-refractivity contribution is -0.348. The van der Waals surface area contributed by atoms with Crippen molar-refractivity contribution < 1.29 is 98.3 Å². The van der Waals surface area contributed by atoms with Crippen molar-refractivity contribution >= 4 is 34.0 Å². The fraction of sp³-hybridized carbons (Fsp3) is 0.478. The molecule has 25 heteroatoms. The van der Waals surface area contributed by atoms with Crippen molar-refractivity contribution in [3.63, 3.8) is 0 Å². The van der Waals surface area contributed by atoms with Gasteiger partial charge in [-0.2, -0.15) is 79.0 Å². The lowest BCUT2D eigenvalue weighted by Crippen LogP contribution is -2.50. The maximum Gasteiger partial charge on any atom is 0.441 e. The number of nitrogen functional groups attached to an aromatic ring is 2. The highest BCUT2D eigenvalue weighted by molar-refractivity contribution is 14.1. The molecule has 2 aromatic carbocycles. The number of hydrogen-bond acceptors (Lipinski definition) is 4. The Kier molecular flexibility index (Phi) is 16.9. The molecule has 0 aromatic heterocycles. The Bertz CT molecular complexity index is 1280. The molecule has 0 spiro atoms. The third-order valence-electron chi connectivity index (χ3n) is 5.21. The second kappa shape index (κ2) is 16.3. The maximum atomic E-state index is 13.8. The summed E-state index contributed by atoms with van der Waals surface area (Å²) < 4.78 is 237. The lowest BCUT2D eigenvalue weighted by atomic mass is 9.90. The summed E-state index contributed by atoms with van der Waals surface area (Å²) in [6.45, 7) is 2.28. The number of para-hydroxylation sites is 1. The maximum absolute atomic E-state index is 13.8. The molecule has 282 valence electrons. The molecule has 2 aromatic rings. The Morgan fingerprint density at radius 1 is 0.521 bits per heavy atom. The molecule has 2 rings (SSSR count). The monoisotopic (exact) mass is 864 g/mol. The summed E-state index contributed by atoms with van der Waals surface area (Å²) in [5.74, 6) is 0. The molecule has 0 amide bonds. The van der Waals surface area contributed by atoms with Gasteiger partial charge in [-0.15, -0.1) is 0 Å². The van der Waals surface area contributed by atoms with E-state index in [-0.39, 0.29) is 41.8 Å². The van der Waals surface area contributed by atoms with Gasteiger partial charge in [0.1, 0.15) is 0 Å². The number of anilines is 2. The van der Waals surface area contributed by atoms with E-state index >= 15 is 0 Å². The number of nitrogens with two attached hydrogens (primary N) is 2. The molecule has 0 aliphatic rings. The van der Waals surface area contributed by atoms with E-state index in [1.54, 1.807) is 13.0 Å². The van der Waals surface area contributed by atoms with Crippen LogP contribution < -0.4 is 11.5 Å². The number of halogens is 21. The molecular weight excluding hydrogens is 843 g/mol. The lowest BCUT2D eigenvalue weighted by Gasteiger charge is -2.31. The van der Waals surface area contributed by atoms with Crippen molar-refractivity contribution in [2.24, 2.45) is 0 Å². The first kappa shape index (κ1) is 49.7. The Morgan fingerprint density at radius 2 is 0.854 bits per heavy atom. The number of hydrogen-bond donors (Lipinski definition) is 4. The summed E-state index contributed by atoms with van der Waals surface area (Å²) in [6, 6.07) is 3.27. The van der Waals surface area contributed by atoms with Gasteiger partial charge in [0.2, 0.25) is 0 Å². The molecule has 0 radical (unpaired) electrons. The molecule has 48 heavy (non-hydrogen) atoms. The highest BCUT2D eigenvalue weighted by Gasteiger charge is 2.74. The minimum atomic E-state index is -6.50. The number of rotatable bonds is 1. The third-order valence-corrected chi connectivity index (χ3v) is 6.44. The normalized spacial score (nSPS) is 13.1. The van der Waals surface area contributed by atoms with Crippen molar-refractivity contribution in [2.75, 3.05) is 11.5 Å². The van der Waals surface area contributed by atoms with Gasteiger partial charge in [0.05, 0.1) is 11.1 Å². The van der Waals surface area contributed by atoms with Gasteiger partial charge in [0.25, 0.3) is 0 Å². The Balaban J connectivity index is -0.000000662. The van der Waals surface area contributed by atoms with Crippen molar-refractivity contribution in [2.45, 2.75) is 67.7 Å². The van der Waals surface area contributed by atoms with Gasteiger partial charge < -0.3 is 11.5 Å². The van der Waals surface area contributed by atoms with Gasteiger partial charge >= 0.3 is 46.4 Å². The van der Waals surface area contributed by atoms with E-state index < -0.39 is 80.4 Å². The average molecular weight is 864 g/mol. The van der Waals surface area contributed by atoms with E-state index in [2.05, 4.69) is 0 Å². The number of aryl methyl sites for hydroxylation is 2.